The molecule has 0 aliphatic heterocycles. The molecule has 0 saturated carbocycles. The Bertz CT molecular complexity index is 212. The largest absolute Gasteiger partial charge is 0.396 e. The van der Waals surface area contributed by atoms with Crippen molar-refractivity contribution in [3.05, 3.63) is 35.8 Å². The fraction of sp³-hybridized carbons (Fsp3) is 0.143. The lowest BCUT2D eigenvalue weighted by molar-refractivity contribution is 0.609. The molecule has 0 aliphatic carbocycles. The quantitative estimate of drug-likeness (QED) is 0.622. The summed E-state index contributed by atoms with van der Waals surface area (Å²) in [6, 6.07) is 0. The topological polar surface area (TPSA) is 26.0 Å². The second kappa shape index (κ2) is 4.60. The van der Waals surface area contributed by atoms with Crippen molar-refractivity contribution in [3.63, 3.8) is 0 Å². The molecule has 0 aliphatic rings. The molecule has 0 fully saturated rings. The third kappa shape index (κ3) is 4.25. The zero-order valence-electron chi connectivity index (χ0n) is 5.94. The molecular weight excluding hydrogens is 155 g/mol. The van der Waals surface area contributed by atoms with Gasteiger partial charge in [0.1, 0.15) is 5.83 Å². The van der Waals surface area contributed by atoms with Crippen LogP contribution in [0.15, 0.2) is 35.8 Å². The maximum absolute atomic E-state index is 12.5. The van der Waals surface area contributed by atoms with Crippen molar-refractivity contribution in [2.24, 2.45) is 5.73 Å². The maximum atomic E-state index is 12.5. The minimum absolute atomic E-state index is 0.0797. The van der Waals surface area contributed by atoms with Gasteiger partial charge in [0.2, 0.25) is 0 Å². The van der Waals surface area contributed by atoms with Crippen LogP contribution in [0.3, 0.4) is 0 Å². The van der Waals surface area contributed by atoms with Gasteiger partial charge < -0.3 is 5.73 Å². The van der Waals surface area contributed by atoms with Gasteiger partial charge in [-0.3, -0.25) is 0 Å². The number of halogens is 3. The average Bonchev–Trinajstić information content (AvgIpc) is 1.86. The summed E-state index contributed by atoms with van der Waals surface area (Å²) in [7, 11) is 0. The highest BCUT2D eigenvalue weighted by Gasteiger charge is 1.95. The molecular formula is C7H8F3N. The first kappa shape index (κ1) is 9.81. The van der Waals surface area contributed by atoms with E-state index >= 15 is 0 Å². The number of nitrogens with two attached hydrogens (primary N) is 1. The highest BCUT2D eigenvalue weighted by molar-refractivity contribution is 5.25. The fourth-order valence-electron chi connectivity index (χ4n) is 0.405. The van der Waals surface area contributed by atoms with Crippen LogP contribution in [0.5, 0.6) is 0 Å². The van der Waals surface area contributed by atoms with Crippen molar-refractivity contribution in [1.29, 1.82) is 0 Å². The second-order valence-corrected chi connectivity index (χ2v) is 1.83. The van der Waals surface area contributed by atoms with Gasteiger partial charge in [-0.25, -0.2) is 13.2 Å². The molecule has 0 aromatic heterocycles. The van der Waals surface area contributed by atoms with Crippen LogP contribution in [0.2, 0.25) is 0 Å². The third-order valence-electron chi connectivity index (χ3n) is 0.844. The van der Waals surface area contributed by atoms with E-state index in [1.807, 2.05) is 0 Å². The zero-order chi connectivity index (χ0) is 8.85. The minimum atomic E-state index is -0.987. The van der Waals surface area contributed by atoms with Gasteiger partial charge in [-0.2, -0.15) is 0 Å². The fourth-order valence-corrected chi connectivity index (χ4v) is 0.405. The molecule has 0 radical (unpaired) electrons. The summed E-state index contributed by atoms with van der Waals surface area (Å²) >= 11 is 0. The Morgan fingerprint density at radius 3 is 2.27 bits per heavy atom. The van der Waals surface area contributed by atoms with E-state index in [-0.39, 0.29) is 6.33 Å². The first-order valence-electron chi connectivity index (χ1n) is 2.83. The van der Waals surface area contributed by atoms with Crippen LogP contribution < -0.4 is 5.73 Å². The van der Waals surface area contributed by atoms with E-state index in [1.165, 1.54) is 0 Å². The summed E-state index contributed by atoms with van der Waals surface area (Å²) < 4.78 is 35.8. The summed E-state index contributed by atoms with van der Waals surface area (Å²) in [4.78, 5) is 0. The van der Waals surface area contributed by atoms with Gasteiger partial charge in [0.05, 0.1) is 17.9 Å². The van der Waals surface area contributed by atoms with Crippen LogP contribution in [0.25, 0.3) is 0 Å². The van der Waals surface area contributed by atoms with Crippen LogP contribution in [0.4, 0.5) is 13.2 Å². The van der Waals surface area contributed by atoms with Crippen molar-refractivity contribution >= 4 is 0 Å². The predicted molar refractivity (Wildman–Crippen MR) is 37.4 cm³/mol. The molecule has 0 atom stereocenters. The molecule has 0 aromatic rings. The van der Waals surface area contributed by atoms with Gasteiger partial charge in [0.25, 0.3) is 0 Å². The highest BCUT2D eigenvalue weighted by atomic mass is 19.1. The summed E-state index contributed by atoms with van der Waals surface area (Å²) in [5.41, 5.74) is 4.50. The molecule has 0 unspecified atom stereocenters. The van der Waals surface area contributed by atoms with E-state index in [0.29, 0.717) is 12.2 Å². The Morgan fingerprint density at radius 1 is 1.36 bits per heavy atom. The molecule has 0 aromatic carbocycles. The SMILES string of the molecule is C\C(F)=C/C(F)=C(N)\C=C\F. The van der Waals surface area contributed by atoms with Gasteiger partial charge in [-0.1, -0.05) is 0 Å². The first-order chi connectivity index (χ1) is 5.07. The van der Waals surface area contributed by atoms with Crippen LogP contribution in [-0.2, 0) is 0 Å². The molecule has 0 spiro atoms. The summed E-state index contributed by atoms with van der Waals surface area (Å²) in [5.74, 6) is -1.71. The summed E-state index contributed by atoms with van der Waals surface area (Å²) in [6.07, 6.45) is 1.36. The Balaban J connectivity index is 4.53. The van der Waals surface area contributed by atoms with Crippen molar-refractivity contribution < 1.29 is 13.2 Å². The number of hydrogen-bond acceptors (Lipinski definition) is 1. The van der Waals surface area contributed by atoms with Crippen molar-refractivity contribution in [2.45, 2.75) is 6.92 Å². The van der Waals surface area contributed by atoms with E-state index in [1.54, 1.807) is 0 Å². The average molecular weight is 163 g/mol. The smallest absolute Gasteiger partial charge is 0.148 e. The molecule has 11 heavy (non-hydrogen) atoms. The van der Waals surface area contributed by atoms with E-state index in [0.717, 1.165) is 6.92 Å². The molecule has 1 nitrogen and oxygen atoms in total. The van der Waals surface area contributed by atoms with Crippen molar-refractivity contribution in [1.82, 2.24) is 0 Å². The first-order valence-corrected chi connectivity index (χ1v) is 2.83. The van der Waals surface area contributed by atoms with Gasteiger partial charge in [-0.15, -0.1) is 0 Å². The van der Waals surface area contributed by atoms with Crippen molar-refractivity contribution in [3.8, 4) is 0 Å². The van der Waals surface area contributed by atoms with Crippen LogP contribution in [-0.4, -0.2) is 0 Å². The number of rotatable bonds is 2. The van der Waals surface area contributed by atoms with Gasteiger partial charge in [0, 0.05) is 6.08 Å². The predicted octanol–water partition coefficient (Wildman–Crippen LogP) is 2.48. The van der Waals surface area contributed by atoms with Crippen LogP contribution in [0.1, 0.15) is 6.92 Å². The third-order valence-corrected chi connectivity index (χ3v) is 0.844. The molecule has 0 saturated heterocycles. The standard InChI is InChI=1S/C7H8F3N/c1-5(9)4-6(10)7(11)2-3-8/h2-4H,11H2,1H3/b3-2+,5-4+,7-6-. The summed E-state index contributed by atoms with van der Waals surface area (Å²) in [6.45, 7) is 1.06. The zero-order valence-corrected chi connectivity index (χ0v) is 5.94. The Kier molecular flexibility index (Phi) is 4.10. The number of hydrogen-bond donors (Lipinski definition) is 1. The number of allylic oxidation sites excluding steroid dienone is 4. The molecule has 0 heterocycles. The summed E-state index contributed by atoms with van der Waals surface area (Å²) in [5, 5.41) is 0. The van der Waals surface area contributed by atoms with Crippen LogP contribution in [0, 0.1) is 0 Å². The Hall–Kier alpha value is -1.19. The highest BCUT2D eigenvalue weighted by Crippen LogP contribution is 2.08. The minimum Gasteiger partial charge on any atom is -0.396 e. The van der Waals surface area contributed by atoms with Gasteiger partial charge in [0.15, 0.2) is 0 Å². The van der Waals surface area contributed by atoms with Gasteiger partial charge >= 0.3 is 0 Å². The lowest BCUT2D eigenvalue weighted by atomic mass is 10.3. The molecule has 0 amide bonds. The molecule has 2 N–H and O–H groups in total. The van der Waals surface area contributed by atoms with Crippen molar-refractivity contribution in [2.75, 3.05) is 0 Å². The molecule has 62 valence electrons. The van der Waals surface area contributed by atoms with E-state index < -0.39 is 17.4 Å². The van der Waals surface area contributed by atoms with Crippen LogP contribution >= 0.6 is 0 Å². The van der Waals surface area contributed by atoms with E-state index in [9.17, 15) is 13.2 Å². The second-order valence-electron chi connectivity index (χ2n) is 1.83. The van der Waals surface area contributed by atoms with E-state index in [2.05, 4.69) is 0 Å². The Morgan fingerprint density at radius 2 is 1.91 bits per heavy atom. The maximum Gasteiger partial charge on any atom is 0.148 e. The van der Waals surface area contributed by atoms with Gasteiger partial charge in [-0.05, 0) is 13.0 Å². The molecule has 0 bridgehead atoms. The van der Waals surface area contributed by atoms with E-state index in [4.69, 9.17) is 5.73 Å². The lowest BCUT2D eigenvalue weighted by Gasteiger charge is -1.91. The normalized spacial score (nSPS) is 15.5. The Labute approximate surface area is 62.7 Å². The lowest BCUT2D eigenvalue weighted by Crippen LogP contribution is -1.94. The molecule has 4 heteroatoms. The monoisotopic (exact) mass is 163 g/mol. The molecule has 0 rings (SSSR count).